The molecule has 2 fully saturated rings. The Morgan fingerprint density at radius 3 is 3.00 bits per heavy atom. The van der Waals surface area contributed by atoms with Gasteiger partial charge < -0.3 is 10.1 Å². The van der Waals surface area contributed by atoms with Crippen molar-refractivity contribution in [2.45, 2.75) is 12.6 Å². The first-order valence-corrected chi connectivity index (χ1v) is 8.10. The molecule has 7 nitrogen and oxygen atoms in total. The summed E-state index contributed by atoms with van der Waals surface area (Å²) in [6.07, 6.45) is 6.61. The highest BCUT2D eigenvalue weighted by Crippen LogP contribution is 2.34. The molecule has 1 N–H and O–H groups in total. The van der Waals surface area contributed by atoms with Gasteiger partial charge in [0.15, 0.2) is 5.82 Å². The number of anilines is 1. The molecular formula is C17H19N5O2. The standard InChI is InChI=1S/C17H19N5O2/c23-17(21-16-7-18-5-6-20-16)14-11-24-15-10-22(9-13(14)15)8-12-3-1-2-4-19-12/h1-7,13-15H,8-11H2,(H,20,21,23)/t13-,14+,15-/m1/s1. The van der Waals surface area contributed by atoms with Crippen molar-refractivity contribution in [3.8, 4) is 0 Å². The van der Waals surface area contributed by atoms with E-state index in [1.165, 1.54) is 0 Å². The first kappa shape index (κ1) is 15.2. The number of hydrogen-bond donors (Lipinski definition) is 1. The summed E-state index contributed by atoms with van der Waals surface area (Å²) in [5, 5.41) is 2.84. The van der Waals surface area contributed by atoms with Gasteiger partial charge in [-0.05, 0) is 12.1 Å². The van der Waals surface area contributed by atoms with Crippen LogP contribution in [0.25, 0.3) is 0 Å². The fraction of sp³-hybridized carbons (Fsp3) is 0.412. The highest BCUT2D eigenvalue weighted by Gasteiger charge is 2.46. The minimum Gasteiger partial charge on any atom is -0.376 e. The van der Waals surface area contributed by atoms with Crippen LogP contribution in [0.2, 0.25) is 0 Å². The lowest BCUT2D eigenvalue weighted by Gasteiger charge is -2.18. The zero-order valence-electron chi connectivity index (χ0n) is 13.2. The molecule has 4 heterocycles. The number of nitrogens with zero attached hydrogens (tertiary/aromatic N) is 4. The van der Waals surface area contributed by atoms with Crippen molar-refractivity contribution in [3.63, 3.8) is 0 Å². The highest BCUT2D eigenvalue weighted by molar-refractivity contribution is 5.92. The lowest BCUT2D eigenvalue weighted by atomic mass is 9.92. The first-order valence-electron chi connectivity index (χ1n) is 8.10. The molecule has 4 rings (SSSR count). The van der Waals surface area contributed by atoms with Gasteiger partial charge in [0.2, 0.25) is 5.91 Å². The van der Waals surface area contributed by atoms with Crippen molar-refractivity contribution in [2.75, 3.05) is 25.0 Å². The van der Waals surface area contributed by atoms with Crippen molar-refractivity contribution in [3.05, 3.63) is 48.7 Å². The van der Waals surface area contributed by atoms with Crippen LogP contribution in [0, 0.1) is 11.8 Å². The first-order chi connectivity index (χ1) is 11.8. The van der Waals surface area contributed by atoms with Gasteiger partial charge in [-0.15, -0.1) is 0 Å². The second-order valence-corrected chi connectivity index (χ2v) is 6.24. The number of fused-ring (bicyclic) bond motifs is 1. The van der Waals surface area contributed by atoms with E-state index in [9.17, 15) is 4.79 Å². The van der Waals surface area contributed by atoms with Crippen LogP contribution in [0.5, 0.6) is 0 Å². The van der Waals surface area contributed by atoms with Gasteiger partial charge in [0.25, 0.3) is 0 Å². The predicted molar refractivity (Wildman–Crippen MR) is 86.9 cm³/mol. The van der Waals surface area contributed by atoms with E-state index in [4.69, 9.17) is 4.74 Å². The molecule has 2 aliphatic rings. The molecule has 0 bridgehead atoms. The van der Waals surface area contributed by atoms with Crippen molar-refractivity contribution < 1.29 is 9.53 Å². The summed E-state index contributed by atoms with van der Waals surface area (Å²) in [7, 11) is 0. The average Bonchev–Trinajstić information content (AvgIpc) is 3.16. The largest absolute Gasteiger partial charge is 0.376 e. The van der Waals surface area contributed by atoms with E-state index in [1.54, 1.807) is 24.8 Å². The number of likely N-dealkylation sites (tertiary alicyclic amines) is 1. The van der Waals surface area contributed by atoms with Crippen molar-refractivity contribution in [1.82, 2.24) is 19.9 Å². The van der Waals surface area contributed by atoms with Crippen molar-refractivity contribution in [2.24, 2.45) is 11.8 Å². The fourth-order valence-corrected chi connectivity index (χ4v) is 3.50. The third kappa shape index (κ3) is 3.13. The minimum absolute atomic E-state index is 0.0392. The van der Waals surface area contributed by atoms with E-state index in [2.05, 4.69) is 25.2 Å². The zero-order chi connectivity index (χ0) is 16.4. The topological polar surface area (TPSA) is 80.2 Å². The van der Waals surface area contributed by atoms with E-state index >= 15 is 0 Å². The van der Waals surface area contributed by atoms with E-state index in [0.717, 1.165) is 25.3 Å². The van der Waals surface area contributed by atoms with Gasteiger partial charge in [-0.25, -0.2) is 4.98 Å². The molecule has 0 spiro atoms. The molecule has 1 amide bonds. The number of nitrogens with one attached hydrogen (secondary N) is 1. The van der Waals surface area contributed by atoms with E-state index in [-0.39, 0.29) is 23.8 Å². The monoisotopic (exact) mass is 325 g/mol. The van der Waals surface area contributed by atoms with Gasteiger partial charge in [-0.2, -0.15) is 0 Å². The molecule has 24 heavy (non-hydrogen) atoms. The van der Waals surface area contributed by atoms with Crippen LogP contribution in [0.4, 0.5) is 5.82 Å². The van der Waals surface area contributed by atoms with Crippen LogP contribution < -0.4 is 5.32 Å². The number of hydrogen-bond acceptors (Lipinski definition) is 6. The number of pyridine rings is 1. The van der Waals surface area contributed by atoms with Crippen LogP contribution in [-0.4, -0.2) is 51.6 Å². The maximum absolute atomic E-state index is 12.5. The van der Waals surface area contributed by atoms with Crippen LogP contribution >= 0.6 is 0 Å². The Balaban J connectivity index is 1.38. The molecule has 2 saturated heterocycles. The van der Waals surface area contributed by atoms with Gasteiger partial charge in [-0.3, -0.25) is 19.7 Å². The highest BCUT2D eigenvalue weighted by atomic mass is 16.5. The summed E-state index contributed by atoms with van der Waals surface area (Å²) in [4.78, 5) is 27.3. The van der Waals surface area contributed by atoms with Gasteiger partial charge >= 0.3 is 0 Å². The van der Waals surface area contributed by atoms with E-state index in [0.29, 0.717) is 12.4 Å². The van der Waals surface area contributed by atoms with Crippen LogP contribution in [0.1, 0.15) is 5.69 Å². The third-order valence-electron chi connectivity index (χ3n) is 4.65. The molecule has 2 aromatic heterocycles. The lowest BCUT2D eigenvalue weighted by Crippen LogP contribution is -2.32. The quantitative estimate of drug-likeness (QED) is 0.902. The summed E-state index contributed by atoms with van der Waals surface area (Å²) in [5.41, 5.74) is 1.04. The number of carbonyl (C=O) groups excluding carboxylic acids is 1. The molecule has 124 valence electrons. The zero-order valence-corrected chi connectivity index (χ0v) is 13.2. The number of carbonyl (C=O) groups is 1. The maximum Gasteiger partial charge on any atom is 0.231 e. The molecule has 0 radical (unpaired) electrons. The van der Waals surface area contributed by atoms with Crippen LogP contribution in [0.3, 0.4) is 0 Å². The fourth-order valence-electron chi connectivity index (χ4n) is 3.50. The molecule has 0 aromatic carbocycles. The number of amides is 1. The van der Waals surface area contributed by atoms with Crippen molar-refractivity contribution in [1.29, 1.82) is 0 Å². The Hall–Kier alpha value is -2.38. The molecule has 0 unspecified atom stereocenters. The maximum atomic E-state index is 12.5. The normalized spacial score (nSPS) is 26.2. The smallest absolute Gasteiger partial charge is 0.231 e. The number of rotatable bonds is 4. The summed E-state index contributed by atoms with van der Waals surface area (Å²) in [6, 6.07) is 5.93. The Bertz CT molecular complexity index is 697. The van der Waals surface area contributed by atoms with Gasteiger partial charge in [0.05, 0.1) is 30.5 Å². The molecule has 0 saturated carbocycles. The van der Waals surface area contributed by atoms with Crippen LogP contribution in [-0.2, 0) is 16.1 Å². The van der Waals surface area contributed by atoms with E-state index < -0.39 is 0 Å². The third-order valence-corrected chi connectivity index (χ3v) is 4.65. The Kier molecular flexibility index (Phi) is 4.18. The average molecular weight is 325 g/mol. The predicted octanol–water partition coefficient (Wildman–Crippen LogP) is 0.957. The minimum atomic E-state index is -0.147. The summed E-state index contributed by atoms with van der Waals surface area (Å²) < 4.78 is 5.86. The molecular weight excluding hydrogens is 306 g/mol. The number of ether oxygens (including phenoxy) is 1. The van der Waals surface area contributed by atoms with Gasteiger partial charge in [0.1, 0.15) is 0 Å². The SMILES string of the molecule is O=C(Nc1cnccn1)[C@H]1CO[C@@H]2CN(Cc3ccccn3)C[C@H]12. The Morgan fingerprint density at radius 2 is 2.21 bits per heavy atom. The summed E-state index contributed by atoms with van der Waals surface area (Å²) >= 11 is 0. The Labute approximate surface area is 140 Å². The summed E-state index contributed by atoms with van der Waals surface area (Å²) in [5.74, 6) is 0.507. The second kappa shape index (κ2) is 6.62. The van der Waals surface area contributed by atoms with Gasteiger partial charge in [0, 0.05) is 44.1 Å². The van der Waals surface area contributed by atoms with Crippen molar-refractivity contribution >= 4 is 11.7 Å². The number of aromatic nitrogens is 3. The molecule has 2 aliphatic heterocycles. The lowest BCUT2D eigenvalue weighted by molar-refractivity contribution is -0.120. The van der Waals surface area contributed by atoms with Gasteiger partial charge in [-0.1, -0.05) is 6.07 Å². The van der Waals surface area contributed by atoms with E-state index in [1.807, 2.05) is 18.2 Å². The summed E-state index contributed by atoms with van der Waals surface area (Å²) in [6.45, 7) is 2.95. The van der Waals surface area contributed by atoms with Crippen LogP contribution in [0.15, 0.2) is 43.0 Å². The molecule has 3 atom stereocenters. The second-order valence-electron chi connectivity index (χ2n) is 6.24. The Morgan fingerprint density at radius 1 is 1.25 bits per heavy atom. The molecule has 0 aliphatic carbocycles. The molecule has 7 heteroatoms. The molecule has 2 aromatic rings.